The zero-order valence-electron chi connectivity index (χ0n) is 9.68. The molecule has 0 fully saturated rings. The van der Waals surface area contributed by atoms with Crippen molar-refractivity contribution < 1.29 is 4.74 Å². The van der Waals surface area contributed by atoms with Gasteiger partial charge in [0.2, 0.25) is 0 Å². The lowest BCUT2D eigenvalue weighted by atomic mass is 10.1. The van der Waals surface area contributed by atoms with Crippen LogP contribution < -0.4 is 5.32 Å². The second-order valence-electron chi connectivity index (χ2n) is 4.63. The molecular formula is C12H21NO. The maximum atomic E-state index is 5.76. The third-order valence-corrected chi connectivity index (χ3v) is 1.91. The van der Waals surface area contributed by atoms with Crippen LogP contribution in [0.4, 0.5) is 0 Å². The van der Waals surface area contributed by atoms with Gasteiger partial charge in [-0.2, -0.15) is 0 Å². The summed E-state index contributed by atoms with van der Waals surface area (Å²) in [6.07, 6.45) is 6.65. The summed E-state index contributed by atoms with van der Waals surface area (Å²) in [4.78, 5) is 0. The smallest absolute Gasteiger partial charge is 0.187 e. The van der Waals surface area contributed by atoms with Gasteiger partial charge >= 0.3 is 0 Å². The van der Waals surface area contributed by atoms with E-state index in [1.54, 1.807) is 0 Å². The summed E-state index contributed by atoms with van der Waals surface area (Å²) >= 11 is 0. The van der Waals surface area contributed by atoms with Crippen LogP contribution in [0, 0.1) is 0 Å². The summed E-state index contributed by atoms with van der Waals surface area (Å²) in [6, 6.07) is 0. The van der Waals surface area contributed by atoms with Crippen molar-refractivity contribution in [3.8, 4) is 0 Å². The monoisotopic (exact) mass is 195 g/mol. The van der Waals surface area contributed by atoms with Crippen LogP contribution in [0.2, 0.25) is 0 Å². The van der Waals surface area contributed by atoms with Gasteiger partial charge in [0.25, 0.3) is 0 Å². The molecule has 0 radical (unpaired) electrons. The molecule has 0 aromatic rings. The minimum atomic E-state index is -0.118. The van der Waals surface area contributed by atoms with Crippen molar-refractivity contribution in [3.63, 3.8) is 0 Å². The van der Waals surface area contributed by atoms with Crippen LogP contribution in [-0.4, -0.2) is 12.1 Å². The molecule has 0 unspecified atom stereocenters. The highest BCUT2D eigenvalue weighted by molar-refractivity contribution is 5.25. The number of hydrogen-bond acceptors (Lipinski definition) is 2. The van der Waals surface area contributed by atoms with Gasteiger partial charge in [-0.05, 0) is 32.8 Å². The molecule has 0 spiro atoms. The van der Waals surface area contributed by atoms with Crippen molar-refractivity contribution >= 4 is 0 Å². The predicted octanol–water partition coefficient (Wildman–Crippen LogP) is 2.97. The molecule has 2 heteroatoms. The Balaban J connectivity index is 2.58. The fourth-order valence-electron chi connectivity index (χ4n) is 1.42. The van der Waals surface area contributed by atoms with Gasteiger partial charge in [0.05, 0.1) is 0 Å². The molecule has 1 rings (SSSR count). The molecule has 0 saturated heterocycles. The second-order valence-corrected chi connectivity index (χ2v) is 4.63. The lowest BCUT2D eigenvalue weighted by molar-refractivity contribution is 0.0407. The SMILES string of the molecule is CCCC1=CCNC(OC(C)(C)C)=C1. The Morgan fingerprint density at radius 3 is 2.71 bits per heavy atom. The van der Waals surface area contributed by atoms with E-state index in [2.05, 4.69) is 45.2 Å². The van der Waals surface area contributed by atoms with Crippen LogP contribution in [0.25, 0.3) is 0 Å². The topological polar surface area (TPSA) is 21.3 Å². The molecule has 0 aliphatic carbocycles. The largest absolute Gasteiger partial charge is 0.474 e. The van der Waals surface area contributed by atoms with Crippen molar-refractivity contribution in [1.29, 1.82) is 0 Å². The Morgan fingerprint density at radius 1 is 1.43 bits per heavy atom. The highest BCUT2D eigenvalue weighted by atomic mass is 16.5. The van der Waals surface area contributed by atoms with Gasteiger partial charge in [-0.1, -0.05) is 19.4 Å². The zero-order valence-corrected chi connectivity index (χ0v) is 9.68. The van der Waals surface area contributed by atoms with Crippen LogP contribution >= 0.6 is 0 Å². The lowest BCUT2D eigenvalue weighted by Crippen LogP contribution is -2.27. The van der Waals surface area contributed by atoms with Crippen LogP contribution in [0.3, 0.4) is 0 Å². The Labute approximate surface area is 87.0 Å². The van der Waals surface area contributed by atoms with E-state index in [1.807, 2.05) is 0 Å². The van der Waals surface area contributed by atoms with Gasteiger partial charge in [0, 0.05) is 12.6 Å². The van der Waals surface area contributed by atoms with Crippen LogP contribution in [0.15, 0.2) is 23.6 Å². The Hall–Kier alpha value is -0.920. The van der Waals surface area contributed by atoms with Crippen molar-refractivity contribution in [2.24, 2.45) is 0 Å². The fraction of sp³-hybridized carbons (Fsp3) is 0.667. The van der Waals surface area contributed by atoms with E-state index in [0.717, 1.165) is 18.8 Å². The molecule has 14 heavy (non-hydrogen) atoms. The average molecular weight is 195 g/mol. The molecule has 1 aliphatic heterocycles. The molecule has 0 aromatic carbocycles. The number of rotatable bonds is 3. The highest BCUT2D eigenvalue weighted by Crippen LogP contribution is 2.17. The zero-order chi connectivity index (χ0) is 10.6. The summed E-state index contributed by atoms with van der Waals surface area (Å²) in [5, 5.41) is 3.23. The van der Waals surface area contributed by atoms with Gasteiger partial charge in [-0.25, -0.2) is 0 Å². The molecule has 0 saturated carbocycles. The summed E-state index contributed by atoms with van der Waals surface area (Å²) in [5.74, 6) is 0.906. The number of hydrogen-bond donors (Lipinski definition) is 1. The predicted molar refractivity (Wildman–Crippen MR) is 59.9 cm³/mol. The van der Waals surface area contributed by atoms with Crippen LogP contribution in [0.5, 0.6) is 0 Å². The van der Waals surface area contributed by atoms with E-state index in [0.29, 0.717) is 0 Å². The molecule has 1 N–H and O–H groups in total. The molecule has 0 bridgehead atoms. The number of dihydropyridines is 1. The number of nitrogens with one attached hydrogen (secondary N) is 1. The second kappa shape index (κ2) is 4.54. The van der Waals surface area contributed by atoms with E-state index >= 15 is 0 Å². The maximum absolute atomic E-state index is 5.76. The third-order valence-electron chi connectivity index (χ3n) is 1.91. The average Bonchev–Trinajstić information content (AvgIpc) is 2.02. The van der Waals surface area contributed by atoms with Crippen molar-refractivity contribution in [3.05, 3.63) is 23.6 Å². The minimum absolute atomic E-state index is 0.118. The van der Waals surface area contributed by atoms with Gasteiger partial charge < -0.3 is 10.1 Å². The van der Waals surface area contributed by atoms with Crippen LogP contribution in [0.1, 0.15) is 40.5 Å². The summed E-state index contributed by atoms with van der Waals surface area (Å²) in [6.45, 7) is 9.27. The first-order chi connectivity index (χ1) is 6.51. The van der Waals surface area contributed by atoms with Crippen molar-refractivity contribution in [1.82, 2.24) is 5.32 Å². The Bertz CT molecular complexity index is 246. The standard InChI is InChI=1S/C12H21NO/c1-5-6-10-7-8-13-11(9-10)14-12(2,3)4/h7,9,13H,5-6,8H2,1-4H3. The summed E-state index contributed by atoms with van der Waals surface area (Å²) in [5.41, 5.74) is 1.26. The highest BCUT2D eigenvalue weighted by Gasteiger charge is 2.14. The first-order valence-corrected chi connectivity index (χ1v) is 5.35. The number of allylic oxidation sites excluding steroid dienone is 2. The van der Waals surface area contributed by atoms with E-state index in [4.69, 9.17) is 4.74 Å². The maximum Gasteiger partial charge on any atom is 0.187 e. The third kappa shape index (κ3) is 3.86. The Kier molecular flexibility index (Phi) is 3.62. The molecule has 80 valence electrons. The van der Waals surface area contributed by atoms with Crippen molar-refractivity contribution in [2.45, 2.75) is 46.1 Å². The first-order valence-electron chi connectivity index (χ1n) is 5.35. The fourth-order valence-corrected chi connectivity index (χ4v) is 1.42. The van der Waals surface area contributed by atoms with E-state index in [-0.39, 0.29) is 5.60 Å². The quantitative estimate of drug-likeness (QED) is 0.747. The lowest BCUT2D eigenvalue weighted by Gasteiger charge is -2.25. The summed E-state index contributed by atoms with van der Waals surface area (Å²) < 4.78 is 5.76. The van der Waals surface area contributed by atoms with Crippen molar-refractivity contribution in [2.75, 3.05) is 6.54 Å². The van der Waals surface area contributed by atoms with Gasteiger partial charge in [-0.3, -0.25) is 0 Å². The molecule has 0 aromatic heterocycles. The first kappa shape index (κ1) is 11.2. The van der Waals surface area contributed by atoms with E-state index in [1.165, 1.54) is 12.0 Å². The minimum Gasteiger partial charge on any atom is -0.474 e. The van der Waals surface area contributed by atoms with Gasteiger partial charge in [0.15, 0.2) is 5.88 Å². The molecule has 0 atom stereocenters. The van der Waals surface area contributed by atoms with Crippen LogP contribution in [-0.2, 0) is 4.74 Å². The normalized spacial score (nSPS) is 16.9. The molecule has 1 heterocycles. The Morgan fingerprint density at radius 2 is 2.14 bits per heavy atom. The molecule has 0 amide bonds. The molecular weight excluding hydrogens is 174 g/mol. The van der Waals surface area contributed by atoms with Gasteiger partial charge in [-0.15, -0.1) is 0 Å². The van der Waals surface area contributed by atoms with Gasteiger partial charge in [0.1, 0.15) is 5.60 Å². The molecule has 1 aliphatic rings. The summed E-state index contributed by atoms with van der Waals surface area (Å²) in [7, 11) is 0. The van der Waals surface area contributed by atoms with E-state index in [9.17, 15) is 0 Å². The van der Waals surface area contributed by atoms with E-state index < -0.39 is 0 Å². The number of ether oxygens (including phenoxy) is 1. The molecule has 2 nitrogen and oxygen atoms in total.